The van der Waals surface area contributed by atoms with Crippen molar-refractivity contribution >= 4 is 30.3 Å². The number of nitro benzene ring substituents is 2. The van der Waals surface area contributed by atoms with E-state index in [-0.39, 0.29) is 22.9 Å². The molecule has 164 valence electrons. The van der Waals surface area contributed by atoms with E-state index >= 15 is 0 Å². The van der Waals surface area contributed by atoms with Crippen LogP contribution < -0.4 is 19.2 Å². The summed E-state index contributed by atoms with van der Waals surface area (Å²) in [6, 6.07) is 30.2. The first-order valence-corrected chi connectivity index (χ1v) is 11.8. The summed E-state index contributed by atoms with van der Waals surface area (Å²) in [6.45, 7) is 0. The number of benzene rings is 4. The Bertz CT molecular complexity index is 1180. The molecule has 4 aromatic carbocycles. The molecular weight excluding hydrogens is 440 g/mol. The van der Waals surface area contributed by atoms with Crippen LogP contribution in [0.2, 0.25) is 0 Å². The zero-order valence-electron chi connectivity index (χ0n) is 17.2. The Kier molecular flexibility index (Phi) is 6.14. The van der Waals surface area contributed by atoms with Gasteiger partial charge in [-0.25, -0.2) is 0 Å². The molecule has 0 spiro atoms. The second-order valence-corrected chi connectivity index (χ2v) is 9.86. The van der Waals surface area contributed by atoms with E-state index in [1.54, 1.807) is 12.1 Å². The molecule has 9 heteroatoms. The van der Waals surface area contributed by atoms with Crippen molar-refractivity contribution in [3.05, 3.63) is 129 Å². The molecule has 0 fully saturated rings. The molecule has 33 heavy (non-hydrogen) atoms. The average Bonchev–Trinajstić information content (AvgIpc) is 2.85. The number of hydrogen-bond donors (Lipinski definition) is 0. The summed E-state index contributed by atoms with van der Waals surface area (Å²) in [5.41, 5.74) is -0.237. The summed E-state index contributed by atoms with van der Waals surface area (Å²) in [6.07, 6.45) is 0. The molecule has 0 unspecified atom stereocenters. The molecule has 0 aliphatic carbocycles. The Morgan fingerprint density at radius 3 is 1.30 bits per heavy atom. The van der Waals surface area contributed by atoms with Gasteiger partial charge in [0.05, 0.1) is 22.0 Å². The van der Waals surface area contributed by atoms with E-state index in [4.69, 9.17) is 8.85 Å². The molecule has 0 saturated carbocycles. The quantitative estimate of drug-likeness (QED) is 0.222. The minimum atomic E-state index is -3.59. The molecule has 0 aliphatic rings. The predicted octanol–water partition coefficient (Wildman–Crippen LogP) is 4.22. The van der Waals surface area contributed by atoms with Crippen LogP contribution in [0.15, 0.2) is 109 Å². The SMILES string of the molecule is O=[N+]([O-])c1cccc(O[Si](Oc2cccc([N+](=O)[O-])c2)(c2ccccc2)c2ccccc2)c1. The highest BCUT2D eigenvalue weighted by Crippen LogP contribution is 2.26. The number of nitro groups is 2. The first kappa shape index (κ1) is 21.7. The van der Waals surface area contributed by atoms with Gasteiger partial charge < -0.3 is 8.85 Å². The third-order valence-electron chi connectivity index (χ3n) is 4.89. The molecule has 0 bridgehead atoms. The van der Waals surface area contributed by atoms with Crippen molar-refractivity contribution in [1.29, 1.82) is 0 Å². The van der Waals surface area contributed by atoms with Crippen molar-refractivity contribution in [1.82, 2.24) is 0 Å². The normalized spacial score (nSPS) is 10.9. The molecule has 0 amide bonds. The van der Waals surface area contributed by atoms with Gasteiger partial charge in [0, 0.05) is 22.5 Å². The molecule has 0 N–H and O–H groups in total. The van der Waals surface area contributed by atoms with Crippen LogP contribution >= 0.6 is 0 Å². The van der Waals surface area contributed by atoms with E-state index in [1.807, 2.05) is 60.7 Å². The Morgan fingerprint density at radius 2 is 0.939 bits per heavy atom. The van der Waals surface area contributed by atoms with Gasteiger partial charge in [0.25, 0.3) is 11.4 Å². The second kappa shape index (κ2) is 9.33. The van der Waals surface area contributed by atoms with Crippen LogP contribution in [0.25, 0.3) is 0 Å². The van der Waals surface area contributed by atoms with Crippen LogP contribution in [0.3, 0.4) is 0 Å². The van der Waals surface area contributed by atoms with E-state index < -0.39 is 18.4 Å². The smallest absolute Gasteiger partial charge is 0.505 e. The van der Waals surface area contributed by atoms with Gasteiger partial charge in [0.1, 0.15) is 11.5 Å². The summed E-state index contributed by atoms with van der Waals surface area (Å²) in [5.74, 6) is 0.517. The van der Waals surface area contributed by atoms with Gasteiger partial charge in [-0.05, 0) is 12.1 Å². The monoisotopic (exact) mass is 458 g/mol. The number of rotatable bonds is 8. The molecule has 0 saturated heterocycles. The van der Waals surface area contributed by atoms with Crippen LogP contribution in [0.5, 0.6) is 11.5 Å². The number of non-ortho nitro benzene ring substituents is 2. The van der Waals surface area contributed by atoms with E-state index in [1.165, 1.54) is 36.4 Å². The summed E-state index contributed by atoms with van der Waals surface area (Å²) < 4.78 is 13.0. The van der Waals surface area contributed by atoms with Gasteiger partial charge in [-0.3, -0.25) is 20.2 Å². The van der Waals surface area contributed by atoms with Crippen molar-refractivity contribution in [2.75, 3.05) is 0 Å². The first-order chi connectivity index (χ1) is 16.0. The van der Waals surface area contributed by atoms with Gasteiger partial charge in [-0.15, -0.1) is 0 Å². The molecule has 0 heterocycles. The molecule has 8 nitrogen and oxygen atoms in total. The van der Waals surface area contributed by atoms with Gasteiger partial charge in [-0.1, -0.05) is 72.8 Å². The topological polar surface area (TPSA) is 105 Å². The lowest BCUT2D eigenvalue weighted by molar-refractivity contribution is -0.385. The first-order valence-electron chi connectivity index (χ1n) is 9.96. The van der Waals surface area contributed by atoms with Crippen molar-refractivity contribution in [3.8, 4) is 11.5 Å². The minimum Gasteiger partial charge on any atom is -0.505 e. The van der Waals surface area contributed by atoms with Gasteiger partial charge in [0.15, 0.2) is 0 Å². The summed E-state index contributed by atoms with van der Waals surface area (Å²) >= 11 is 0. The van der Waals surface area contributed by atoms with Crippen LogP contribution in [-0.4, -0.2) is 18.4 Å². The highest BCUT2D eigenvalue weighted by Gasteiger charge is 2.47. The Hall–Kier alpha value is -4.50. The van der Waals surface area contributed by atoms with Crippen LogP contribution in [0.4, 0.5) is 11.4 Å². The molecule has 4 rings (SSSR count). The lowest BCUT2D eigenvalue weighted by atomic mass is 10.3. The largest absolute Gasteiger partial charge is 0.531 e. The highest BCUT2D eigenvalue weighted by molar-refractivity contribution is 6.93. The molecule has 4 aromatic rings. The maximum Gasteiger partial charge on any atom is 0.531 e. The highest BCUT2D eigenvalue weighted by atomic mass is 28.4. The van der Waals surface area contributed by atoms with E-state index in [0.717, 1.165) is 10.4 Å². The lowest BCUT2D eigenvalue weighted by Gasteiger charge is -2.32. The zero-order valence-corrected chi connectivity index (χ0v) is 18.2. The fourth-order valence-electron chi connectivity index (χ4n) is 3.39. The molecular formula is C24H18N2O6Si. The fraction of sp³-hybridized carbons (Fsp3) is 0. The van der Waals surface area contributed by atoms with Gasteiger partial charge >= 0.3 is 8.56 Å². The third-order valence-corrected chi connectivity index (χ3v) is 8.12. The molecule has 0 aliphatic heterocycles. The standard InChI is InChI=1S/C24H18N2O6Si/c27-25(28)19-9-7-11-21(17-19)31-33(23-13-3-1-4-14-23,24-15-5-2-6-16-24)32-22-12-8-10-20(18-22)26(29)30/h1-18H. The van der Waals surface area contributed by atoms with Crippen LogP contribution in [0.1, 0.15) is 0 Å². The summed E-state index contributed by atoms with van der Waals surface area (Å²) in [4.78, 5) is 21.6. The van der Waals surface area contributed by atoms with Gasteiger partial charge in [-0.2, -0.15) is 0 Å². The van der Waals surface area contributed by atoms with E-state index in [0.29, 0.717) is 0 Å². The molecule has 0 radical (unpaired) electrons. The number of hydrogen-bond acceptors (Lipinski definition) is 6. The Balaban J connectivity index is 1.91. The van der Waals surface area contributed by atoms with Crippen molar-refractivity contribution in [3.63, 3.8) is 0 Å². The maximum atomic E-state index is 11.3. The van der Waals surface area contributed by atoms with Crippen LogP contribution in [0, 0.1) is 20.2 Å². The van der Waals surface area contributed by atoms with Crippen LogP contribution in [-0.2, 0) is 0 Å². The summed E-state index contributed by atoms with van der Waals surface area (Å²) in [5, 5.41) is 24.1. The minimum absolute atomic E-state index is 0.119. The predicted molar refractivity (Wildman–Crippen MR) is 125 cm³/mol. The zero-order chi connectivity index (χ0) is 23.3. The average molecular weight is 459 g/mol. The molecule has 0 aromatic heterocycles. The Labute approximate surface area is 190 Å². The van der Waals surface area contributed by atoms with Crippen molar-refractivity contribution in [2.24, 2.45) is 0 Å². The van der Waals surface area contributed by atoms with Crippen molar-refractivity contribution in [2.45, 2.75) is 0 Å². The molecule has 0 atom stereocenters. The van der Waals surface area contributed by atoms with Gasteiger partial charge in [0.2, 0.25) is 0 Å². The third kappa shape index (κ3) is 4.73. The summed E-state index contributed by atoms with van der Waals surface area (Å²) in [7, 11) is -3.59. The van der Waals surface area contributed by atoms with E-state index in [2.05, 4.69) is 0 Å². The number of nitrogens with zero attached hydrogens (tertiary/aromatic N) is 2. The second-order valence-electron chi connectivity index (χ2n) is 7.06. The fourth-order valence-corrected chi connectivity index (χ4v) is 6.42. The van der Waals surface area contributed by atoms with E-state index in [9.17, 15) is 20.2 Å². The van der Waals surface area contributed by atoms with Crippen molar-refractivity contribution < 1.29 is 18.7 Å². The maximum absolute atomic E-state index is 11.3. The lowest BCUT2D eigenvalue weighted by Crippen LogP contribution is -2.68. The Morgan fingerprint density at radius 1 is 0.545 bits per heavy atom.